The first-order chi connectivity index (χ1) is 19.0. The standard InChI is InChI=1S/C32H39N5O2/c1-2-3-10-25-20-34-30-28(35-21-36-30)26(25)19-22-13-15-23(16-14-22)27(29(38)24-11-6-4-7-12-24)37-32(31(33)39)17-8-5-9-18-32/h4,6-7,11-16,20-21,27,29,37-38H,2-3,5,8-10,17-19H2,1H3,(H2,33,39)(H,34,35,36)/t27?,29-/m0/s1. The second-order valence-electron chi connectivity index (χ2n) is 10.9. The lowest BCUT2D eigenvalue weighted by Gasteiger charge is -2.40. The zero-order chi connectivity index (χ0) is 27.2. The van der Waals surface area contributed by atoms with E-state index in [2.05, 4.69) is 51.5 Å². The van der Waals surface area contributed by atoms with Crippen molar-refractivity contribution in [3.8, 4) is 0 Å². The molecule has 0 aliphatic heterocycles. The van der Waals surface area contributed by atoms with Crippen LogP contribution in [0.4, 0.5) is 0 Å². The van der Waals surface area contributed by atoms with Crippen molar-refractivity contribution in [3.05, 3.63) is 94.9 Å². The van der Waals surface area contributed by atoms with Crippen LogP contribution < -0.4 is 11.1 Å². The normalized spacial score (nSPS) is 16.7. The highest BCUT2D eigenvalue weighted by Crippen LogP contribution is 2.36. The summed E-state index contributed by atoms with van der Waals surface area (Å²) in [5.74, 6) is -0.343. The van der Waals surface area contributed by atoms with Crippen LogP contribution >= 0.6 is 0 Å². The fraction of sp³-hybridized carbons (Fsp3) is 0.406. The molecule has 0 spiro atoms. The van der Waals surface area contributed by atoms with Gasteiger partial charge in [-0.1, -0.05) is 87.2 Å². The molecule has 2 atom stereocenters. The number of hydrogen-bond donors (Lipinski definition) is 4. The Morgan fingerprint density at radius 3 is 2.49 bits per heavy atom. The molecular weight excluding hydrogens is 486 g/mol. The van der Waals surface area contributed by atoms with Gasteiger partial charge in [-0.15, -0.1) is 0 Å². The number of aliphatic hydroxyl groups excluding tert-OH is 1. The largest absolute Gasteiger partial charge is 0.386 e. The first-order valence-corrected chi connectivity index (χ1v) is 14.2. The molecular formula is C32H39N5O2. The molecule has 2 aromatic heterocycles. The summed E-state index contributed by atoms with van der Waals surface area (Å²) in [6, 6.07) is 17.5. The monoisotopic (exact) mass is 525 g/mol. The van der Waals surface area contributed by atoms with E-state index < -0.39 is 17.7 Å². The molecule has 7 nitrogen and oxygen atoms in total. The lowest BCUT2D eigenvalue weighted by atomic mass is 9.79. The number of nitrogens with one attached hydrogen (secondary N) is 2. The van der Waals surface area contributed by atoms with E-state index in [9.17, 15) is 9.90 Å². The third-order valence-electron chi connectivity index (χ3n) is 8.24. The van der Waals surface area contributed by atoms with Crippen LogP contribution in [0.1, 0.15) is 91.8 Å². The maximum atomic E-state index is 12.7. The van der Waals surface area contributed by atoms with Gasteiger partial charge < -0.3 is 15.8 Å². The van der Waals surface area contributed by atoms with Gasteiger partial charge >= 0.3 is 0 Å². The van der Waals surface area contributed by atoms with Crippen molar-refractivity contribution in [2.24, 2.45) is 5.73 Å². The van der Waals surface area contributed by atoms with E-state index in [0.29, 0.717) is 12.8 Å². The maximum absolute atomic E-state index is 12.7. The number of aliphatic hydroxyl groups is 1. The molecule has 5 N–H and O–H groups in total. The van der Waals surface area contributed by atoms with Crippen LogP contribution in [0.3, 0.4) is 0 Å². The lowest BCUT2D eigenvalue weighted by molar-refractivity contribution is -0.126. The van der Waals surface area contributed by atoms with Crippen LogP contribution in [0.2, 0.25) is 0 Å². The number of amides is 1. The highest BCUT2D eigenvalue weighted by Gasteiger charge is 2.41. The number of imidazole rings is 1. The molecule has 1 fully saturated rings. The second kappa shape index (κ2) is 12.1. The maximum Gasteiger partial charge on any atom is 0.237 e. The number of H-pyrrole nitrogens is 1. The average Bonchev–Trinajstić information content (AvgIpc) is 3.46. The number of aromatic amines is 1. The molecule has 0 saturated heterocycles. The van der Waals surface area contributed by atoms with Crippen molar-refractivity contribution >= 4 is 17.1 Å². The Hall–Kier alpha value is -3.55. The highest BCUT2D eigenvalue weighted by atomic mass is 16.3. The third-order valence-corrected chi connectivity index (χ3v) is 8.24. The molecule has 2 heterocycles. The Bertz CT molecular complexity index is 1380. The number of aromatic nitrogens is 3. The van der Waals surface area contributed by atoms with Crippen LogP contribution in [0.15, 0.2) is 67.1 Å². The SMILES string of the molecule is CCCCc1cnc2nc[nH]c2c1Cc1ccc(C(NC2(C(N)=O)CCCCC2)[C@@H](O)c2ccccc2)cc1. The van der Waals surface area contributed by atoms with Gasteiger partial charge in [-0.3, -0.25) is 10.1 Å². The number of hydrogen-bond acceptors (Lipinski definition) is 5. The number of aryl methyl sites for hydroxylation is 1. The van der Waals surface area contributed by atoms with E-state index in [-0.39, 0.29) is 5.91 Å². The molecule has 1 unspecified atom stereocenters. The van der Waals surface area contributed by atoms with Crippen molar-refractivity contribution in [2.45, 2.75) is 82.4 Å². The molecule has 4 aromatic rings. The summed E-state index contributed by atoms with van der Waals surface area (Å²) in [6.45, 7) is 2.20. The van der Waals surface area contributed by atoms with Gasteiger partial charge in [-0.05, 0) is 59.9 Å². The molecule has 1 saturated carbocycles. The Balaban J connectivity index is 1.46. The van der Waals surface area contributed by atoms with Crippen LogP contribution in [0.25, 0.3) is 11.2 Å². The van der Waals surface area contributed by atoms with Crippen molar-refractivity contribution in [1.29, 1.82) is 0 Å². The molecule has 2 aromatic carbocycles. The summed E-state index contributed by atoms with van der Waals surface area (Å²) in [6.07, 6.45) is 11.1. The molecule has 204 valence electrons. The van der Waals surface area contributed by atoms with E-state index in [1.807, 2.05) is 36.5 Å². The molecule has 1 aliphatic rings. The summed E-state index contributed by atoms with van der Waals surface area (Å²) in [4.78, 5) is 24.9. The van der Waals surface area contributed by atoms with Gasteiger partial charge in [0.2, 0.25) is 5.91 Å². The van der Waals surface area contributed by atoms with Crippen molar-refractivity contribution in [3.63, 3.8) is 0 Å². The Labute approximate surface area is 230 Å². The quantitative estimate of drug-likeness (QED) is 0.208. The Kier molecular flexibility index (Phi) is 8.38. The number of unbranched alkanes of at least 4 members (excludes halogenated alkanes) is 1. The smallest absolute Gasteiger partial charge is 0.237 e. The van der Waals surface area contributed by atoms with Crippen molar-refractivity contribution < 1.29 is 9.90 Å². The number of carbonyl (C=O) groups excluding carboxylic acids is 1. The van der Waals surface area contributed by atoms with Crippen molar-refractivity contribution in [1.82, 2.24) is 20.3 Å². The number of primary amides is 1. The molecule has 7 heteroatoms. The van der Waals surface area contributed by atoms with Gasteiger partial charge in [-0.25, -0.2) is 9.97 Å². The highest BCUT2D eigenvalue weighted by molar-refractivity contribution is 5.85. The third kappa shape index (κ3) is 5.89. The van der Waals surface area contributed by atoms with Gasteiger partial charge in [0.05, 0.1) is 29.5 Å². The van der Waals surface area contributed by atoms with Gasteiger partial charge in [0.25, 0.3) is 0 Å². The minimum Gasteiger partial charge on any atom is -0.386 e. The van der Waals surface area contributed by atoms with Gasteiger partial charge in [0, 0.05) is 6.20 Å². The first-order valence-electron chi connectivity index (χ1n) is 14.2. The number of pyridine rings is 1. The number of fused-ring (bicyclic) bond motifs is 1. The van der Waals surface area contributed by atoms with Gasteiger partial charge in [0.15, 0.2) is 5.65 Å². The lowest BCUT2D eigenvalue weighted by Crippen LogP contribution is -2.58. The zero-order valence-corrected chi connectivity index (χ0v) is 22.7. The van der Waals surface area contributed by atoms with Gasteiger partial charge in [-0.2, -0.15) is 0 Å². The number of rotatable bonds is 11. The Morgan fingerprint density at radius 1 is 1.05 bits per heavy atom. The Morgan fingerprint density at radius 2 is 1.79 bits per heavy atom. The van der Waals surface area contributed by atoms with E-state index in [0.717, 1.165) is 72.8 Å². The van der Waals surface area contributed by atoms with E-state index >= 15 is 0 Å². The molecule has 0 radical (unpaired) electrons. The first kappa shape index (κ1) is 27.0. The molecule has 5 rings (SSSR count). The molecule has 1 amide bonds. The van der Waals surface area contributed by atoms with Crippen LogP contribution in [0.5, 0.6) is 0 Å². The van der Waals surface area contributed by atoms with Crippen LogP contribution in [-0.4, -0.2) is 31.5 Å². The number of nitrogens with zero attached hydrogens (tertiary/aromatic N) is 2. The summed E-state index contributed by atoms with van der Waals surface area (Å²) < 4.78 is 0. The van der Waals surface area contributed by atoms with E-state index in [4.69, 9.17) is 5.73 Å². The summed E-state index contributed by atoms with van der Waals surface area (Å²) in [7, 11) is 0. The number of carbonyl (C=O) groups is 1. The predicted molar refractivity (Wildman–Crippen MR) is 154 cm³/mol. The topological polar surface area (TPSA) is 117 Å². The minimum absolute atomic E-state index is 0.343. The van der Waals surface area contributed by atoms with Crippen LogP contribution in [-0.2, 0) is 17.6 Å². The fourth-order valence-corrected chi connectivity index (χ4v) is 5.92. The summed E-state index contributed by atoms with van der Waals surface area (Å²) in [5, 5.41) is 15.1. The molecule has 0 bridgehead atoms. The van der Waals surface area contributed by atoms with Crippen LogP contribution in [0, 0.1) is 0 Å². The minimum atomic E-state index is -0.833. The number of nitrogens with two attached hydrogens (primary N) is 1. The molecule has 39 heavy (non-hydrogen) atoms. The van der Waals surface area contributed by atoms with E-state index in [1.165, 1.54) is 11.1 Å². The zero-order valence-electron chi connectivity index (χ0n) is 22.7. The number of benzene rings is 2. The van der Waals surface area contributed by atoms with Gasteiger partial charge in [0.1, 0.15) is 0 Å². The summed E-state index contributed by atoms with van der Waals surface area (Å²) >= 11 is 0. The van der Waals surface area contributed by atoms with Crippen molar-refractivity contribution in [2.75, 3.05) is 0 Å². The van der Waals surface area contributed by atoms with E-state index in [1.54, 1.807) is 6.33 Å². The second-order valence-corrected chi connectivity index (χ2v) is 10.9. The fourth-order valence-electron chi connectivity index (χ4n) is 5.92. The summed E-state index contributed by atoms with van der Waals surface area (Å²) in [5.41, 5.74) is 12.2. The predicted octanol–water partition coefficient (Wildman–Crippen LogP) is 5.44. The average molecular weight is 526 g/mol. The molecule has 1 aliphatic carbocycles.